The molecule has 0 unspecified atom stereocenters. The molecule has 2 rings (SSSR count). The smallest absolute Gasteiger partial charge is 0.265 e. The first-order valence-corrected chi connectivity index (χ1v) is 7.09. The van der Waals surface area contributed by atoms with Gasteiger partial charge in [-0.05, 0) is 12.8 Å². The van der Waals surface area contributed by atoms with Gasteiger partial charge in [0.05, 0.1) is 6.61 Å². The van der Waals surface area contributed by atoms with Gasteiger partial charge in [-0.2, -0.15) is 0 Å². The van der Waals surface area contributed by atoms with Crippen molar-refractivity contribution >= 4 is 28.2 Å². The van der Waals surface area contributed by atoms with Crippen LogP contribution in [0.1, 0.15) is 22.5 Å². The molecule has 7 nitrogen and oxygen atoms in total. The quantitative estimate of drug-likeness (QED) is 0.585. The van der Waals surface area contributed by atoms with Crippen LogP contribution >= 0.6 is 11.3 Å². The van der Waals surface area contributed by atoms with Crippen LogP contribution in [0.25, 0.3) is 0 Å². The molecule has 1 saturated heterocycles. The third kappa shape index (κ3) is 3.34. The Kier molecular flexibility index (Phi) is 4.56. The molecule has 8 heteroatoms. The Morgan fingerprint density at radius 1 is 1.53 bits per heavy atom. The zero-order valence-electron chi connectivity index (χ0n) is 10.6. The number of carbonyl (C=O) groups excluding carboxylic acids is 1. The lowest BCUT2D eigenvalue weighted by Crippen LogP contribution is -2.39. The van der Waals surface area contributed by atoms with Crippen LogP contribution in [0.15, 0.2) is 0 Å². The van der Waals surface area contributed by atoms with Gasteiger partial charge in [-0.1, -0.05) is 11.3 Å². The molecule has 0 radical (unpaired) electrons. The molecule has 1 fully saturated rings. The number of piperidine rings is 1. The number of nitrogens with two attached hydrogens (primary N) is 2. The second kappa shape index (κ2) is 6.18. The van der Waals surface area contributed by atoms with Crippen molar-refractivity contribution in [2.24, 2.45) is 5.73 Å². The first-order valence-electron chi connectivity index (χ1n) is 6.27. The van der Waals surface area contributed by atoms with Crippen LogP contribution in [0.2, 0.25) is 0 Å². The fraction of sp³-hybridized carbons (Fsp3) is 0.636. The van der Waals surface area contributed by atoms with E-state index < -0.39 is 0 Å². The van der Waals surface area contributed by atoms with Crippen molar-refractivity contribution in [1.29, 1.82) is 0 Å². The number of nitrogen functional groups attached to an aromatic ring is 1. The summed E-state index contributed by atoms with van der Waals surface area (Å²) in [7, 11) is 0. The number of aliphatic hydroxyl groups excluding tert-OH is 1. The highest BCUT2D eigenvalue weighted by molar-refractivity contribution is 7.18. The standard InChI is InChI=1S/C11H19N5O2S/c12-7-1-4-16(5-2-7)11-15-9(13)8(19-11)10(18)14-3-6-17/h7,17H,1-6,12-13H2,(H,14,18). The Hall–Kier alpha value is -1.38. The molecule has 0 spiro atoms. The summed E-state index contributed by atoms with van der Waals surface area (Å²) in [5.74, 6) is -0.0469. The molecule has 1 aromatic rings. The number of amides is 1. The van der Waals surface area contributed by atoms with Crippen LogP contribution in [-0.2, 0) is 0 Å². The van der Waals surface area contributed by atoms with Gasteiger partial charge >= 0.3 is 0 Å². The lowest BCUT2D eigenvalue weighted by atomic mass is 10.1. The first-order chi connectivity index (χ1) is 9.11. The zero-order valence-corrected chi connectivity index (χ0v) is 11.4. The lowest BCUT2D eigenvalue weighted by molar-refractivity contribution is 0.0949. The highest BCUT2D eigenvalue weighted by atomic mass is 32.1. The number of anilines is 2. The van der Waals surface area contributed by atoms with E-state index >= 15 is 0 Å². The maximum Gasteiger partial charge on any atom is 0.265 e. The molecule has 106 valence electrons. The van der Waals surface area contributed by atoms with Crippen molar-refractivity contribution in [3.63, 3.8) is 0 Å². The minimum atomic E-state index is -0.288. The summed E-state index contributed by atoms with van der Waals surface area (Å²) >= 11 is 1.28. The number of nitrogens with one attached hydrogen (secondary N) is 1. The van der Waals surface area contributed by atoms with Gasteiger partial charge in [0.15, 0.2) is 5.13 Å². The lowest BCUT2D eigenvalue weighted by Gasteiger charge is -2.29. The van der Waals surface area contributed by atoms with E-state index in [2.05, 4.69) is 15.2 Å². The second-order valence-electron chi connectivity index (χ2n) is 4.51. The molecule has 1 amide bonds. The van der Waals surface area contributed by atoms with Gasteiger partial charge < -0.3 is 26.8 Å². The van der Waals surface area contributed by atoms with Gasteiger partial charge in [0.1, 0.15) is 10.7 Å². The number of carbonyl (C=O) groups is 1. The Labute approximate surface area is 115 Å². The normalized spacial score (nSPS) is 16.6. The molecular weight excluding hydrogens is 266 g/mol. The monoisotopic (exact) mass is 285 g/mol. The average molecular weight is 285 g/mol. The molecule has 0 saturated carbocycles. The highest BCUT2D eigenvalue weighted by Gasteiger charge is 2.22. The largest absolute Gasteiger partial charge is 0.395 e. The van der Waals surface area contributed by atoms with Gasteiger partial charge in [0, 0.05) is 25.7 Å². The molecule has 1 aliphatic rings. The van der Waals surface area contributed by atoms with Gasteiger partial charge in [0.25, 0.3) is 5.91 Å². The summed E-state index contributed by atoms with van der Waals surface area (Å²) in [6.45, 7) is 1.79. The van der Waals surface area contributed by atoms with Gasteiger partial charge in [-0.3, -0.25) is 4.79 Å². The maximum atomic E-state index is 11.8. The van der Waals surface area contributed by atoms with E-state index in [0.717, 1.165) is 31.1 Å². The topological polar surface area (TPSA) is 118 Å². The van der Waals surface area contributed by atoms with Crippen LogP contribution < -0.4 is 21.7 Å². The van der Waals surface area contributed by atoms with E-state index in [4.69, 9.17) is 16.6 Å². The van der Waals surface area contributed by atoms with E-state index in [1.54, 1.807) is 0 Å². The number of rotatable bonds is 4. The van der Waals surface area contributed by atoms with Crippen LogP contribution in [-0.4, -0.2) is 48.3 Å². The molecule has 6 N–H and O–H groups in total. The fourth-order valence-electron chi connectivity index (χ4n) is 1.96. The summed E-state index contributed by atoms with van der Waals surface area (Å²) in [5, 5.41) is 12.0. The van der Waals surface area contributed by atoms with Crippen LogP contribution in [0.3, 0.4) is 0 Å². The minimum absolute atomic E-state index is 0.0959. The van der Waals surface area contributed by atoms with E-state index in [1.807, 2.05) is 0 Å². The van der Waals surface area contributed by atoms with Crippen molar-refractivity contribution in [1.82, 2.24) is 10.3 Å². The van der Waals surface area contributed by atoms with Crippen molar-refractivity contribution < 1.29 is 9.90 Å². The van der Waals surface area contributed by atoms with Crippen LogP contribution in [0.5, 0.6) is 0 Å². The zero-order chi connectivity index (χ0) is 13.8. The Bertz CT molecular complexity index is 442. The summed E-state index contributed by atoms with van der Waals surface area (Å²) in [6, 6.07) is 0.251. The number of hydrogen-bond donors (Lipinski definition) is 4. The maximum absolute atomic E-state index is 11.8. The number of aromatic nitrogens is 1. The third-order valence-electron chi connectivity index (χ3n) is 3.06. The van der Waals surface area contributed by atoms with E-state index in [0.29, 0.717) is 4.88 Å². The van der Waals surface area contributed by atoms with Crippen LogP contribution in [0, 0.1) is 0 Å². The van der Waals surface area contributed by atoms with E-state index in [9.17, 15) is 4.79 Å². The number of nitrogens with zero attached hydrogens (tertiary/aromatic N) is 2. The molecule has 19 heavy (non-hydrogen) atoms. The molecule has 1 aliphatic heterocycles. The summed E-state index contributed by atoms with van der Waals surface area (Å²) < 4.78 is 0. The fourth-order valence-corrected chi connectivity index (χ4v) is 2.91. The molecule has 0 aromatic carbocycles. The Morgan fingerprint density at radius 2 is 2.21 bits per heavy atom. The van der Waals surface area contributed by atoms with Gasteiger partial charge in [-0.15, -0.1) is 0 Å². The molecule has 0 bridgehead atoms. The molecule has 0 aliphatic carbocycles. The van der Waals surface area contributed by atoms with Crippen LogP contribution in [0.4, 0.5) is 10.9 Å². The molecule has 1 aromatic heterocycles. The van der Waals surface area contributed by atoms with E-state index in [-0.39, 0.29) is 30.9 Å². The summed E-state index contributed by atoms with van der Waals surface area (Å²) in [6.07, 6.45) is 1.84. The SMILES string of the molecule is Nc1nc(N2CCC(N)CC2)sc1C(=O)NCCO. The molecule has 2 heterocycles. The van der Waals surface area contributed by atoms with Crippen molar-refractivity contribution in [2.75, 3.05) is 36.9 Å². The number of aliphatic hydroxyl groups is 1. The average Bonchev–Trinajstić information content (AvgIpc) is 2.79. The minimum Gasteiger partial charge on any atom is -0.395 e. The predicted octanol–water partition coefficient (Wildman–Crippen LogP) is -0.625. The highest BCUT2D eigenvalue weighted by Crippen LogP contribution is 2.29. The molecular formula is C11H19N5O2S. The van der Waals surface area contributed by atoms with Crippen molar-refractivity contribution in [3.05, 3.63) is 4.88 Å². The molecule has 0 atom stereocenters. The number of hydrogen-bond acceptors (Lipinski definition) is 7. The first kappa shape index (κ1) is 14.0. The van der Waals surface area contributed by atoms with Crippen molar-refractivity contribution in [2.45, 2.75) is 18.9 Å². The summed E-state index contributed by atoms with van der Waals surface area (Å²) in [5.41, 5.74) is 11.6. The van der Waals surface area contributed by atoms with Gasteiger partial charge in [0.2, 0.25) is 0 Å². The second-order valence-corrected chi connectivity index (χ2v) is 5.49. The Morgan fingerprint density at radius 3 is 2.84 bits per heavy atom. The number of thiazole rings is 1. The Balaban J connectivity index is 2.05. The predicted molar refractivity (Wildman–Crippen MR) is 75.4 cm³/mol. The summed E-state index contributed by atoms with van der Waals surface area (Å²) in [4.78, 5) is 18.6. The van der Waals surface area contributed by atoms with Gasteiger partial charge in [-0.25, -0.2) is 4.98 Å². The van der Waals surface area contributed by atoms with E-state index in [1.165, 1.54) is 11.3 Å². The third-order valence-corrected chi connectivity index (χ3v) is 4.19. The van der Waals surface area contributed by atoms with Crippen molar-refractivity contribution in [3.8, 4) is 0 Å².